The molecule has 2 rings (SSSR count). The van der Waals surface area contributed by atoms with Crippen molar-refractivity contribution < 1.29 is 13.6 Å². The van der Waals surface area contributed by atoms with E-state index in [1.807, 2.05) is 0 Å². The van der Waals surface area contributed by atoms with Crippen molar-refractivity contribution in [3.05, 3.63) is 76.9 Å². The van der Waals surface area contributed by atoms with Gasteiger partial charge in [0.15, 0.2) is 0 Å². The molecule has 2 aromatic carbocycles. The van der Waals surface area contributed by atoms with E-state index in [1.165, 1.54) is 24.3 Å². The average molecular weight is 258 g/mol. The molecule has 0 spiro atoms. The third kappa shape index (κ3) is 2.94. The molecule has 0 aliphatic rings. The van der Waals surface area contributed by atoms with Crippen LogP contribution in [0, 0.1) is 11.6 Å². The Labute approximate surface area is 110 Å². The van der Waals surface area contributed by atoms with E-state index in [-0.39, 0.29) is 11.6 Å². The molecule has 0 saturated heterocycles. The normalized spacial score (nSPS) is 10.1. The van der Waals surface area contributed by atoms with Crippen LogP contribution in [0.1, 0.15) is 18.1 Å². The highest BCUT2D eigenvalue weighted by atomic mass is 19.1. The van der Waals surface area contributed by atoms with Gasteiger partial charge in [0.25, 0.3) is 0 Å². The lowest BCUT2D eigenvalue weighted by molar-refractivity contribution is -0.104. The highest BCUT2D eigenvalue weighted by Crippen LogP contribution is 2.26. The first-order valence-electron chi connectivity index (χ1n) is 5.80. The highest BCUT2D eigenvalue weighted by Gasteiger charge is 2.09. The second-order valence-electron chi connectivity index (χ2n) is 4.19. The van der Waals surface area contributed by atoms with E-state index in [9.17, 15) is 13.6 Å². The van der Waals surface area contributed by atoms with Gasteiger partial charge in [0.1, 0.15) is 17.9 Å². The van der Waals surface area contributed by atoms with Gasteiger partial charge < -0.3 is 0 Å². The lowest BCUT2D eigenvalue weighted by atomic mass is 9.94. The summed E-state index contributed by atoms with van der Waals surface area (Å²) in [5.74, 6) is -0.683. The van der Waals surface area contributed by atoms with Crippen molar-refractivity contribution in [2.45, 2.75) is 6.92 Å². The number of rotatable bonds is 3. The molecule has 0 aliphatic carbocycles. The van der Waals surface area contributed by atoms with Crippen molar-refractivity contribution in [2.24, 2.45) is 0 Å². The Kier molecular flexibility index (Phi) is 3.85. The Morgan fingerprint density at radius 3 is 1.53 bits per heavy atom. The summed E-state index contributed by atoms with van der Waals surface area (Å²) >= 11 is 0. The number of hydrogen-bond donors (Lipinski definition) is 0. The van der Waals surface area contributed by atoms with E-state index < -0.39 is 0 Å². The van der Waals surface area contributed by atoms with Gasteiger partial charge in [-0.1, -0.05) is 24.3 Å². The minimum absolute atomic E-state index is 0.342. The van der Waals surface area contributed by atoms with E-state index >= 15 is 0 Å². The third-order valence-corrected chi connectivity index (χ3v) is 2.84. The molecule has 0 amide bonds. The average Bonchev–Trinajstić information content (AvgIpc) is 2.43. The monoisotopic (exact) mass is 258 g/mol. The molecule has 0 aromatic heterocycles. The maximum Gasteiger partial charge on any atom is 0.146 e. The van der Waals surface area contributed by atoms with Crippen molar-refractivity contribution in [3.63, 3.8) is 0 Å². The number of carbonyl (C=O) groups is 1. The summed E-state index contributed by atoms with van der Waals surface area (Å²) in [4.78, 5) is 11.0. The van der Waals surface area contributed by atoms with Crippen LogP contribution in [0.25, 0.3) is 5.57 Å². The van der Waals surface area contributed by atoms with Gasteiger partial charge in [0, 0.05) is 0 Å². The second kappa shape index (κ2) is 5.57. The quantitative estimate of drug-likeness (QED) is 0.601. The van der Waals surface area contributed by atoms with Gasteiger partial charge in [-0.25, -0.2) is 8.78 Å². The predicted octanol–water partition coefficient (Wildman–Crippen LogP) is 3.99. The van der Waals surface area contributed by atoms with Gasteiger partial charge >= 0.3 is 0 Å². The van der Waals surface area contributed by atoms with E-state index in [0.717, 1.165) is 17.4 Å². The fourth-order valence-electron chi connectivity index (χ4n) is 1.91. The van der Waals surface area contributed by atoms with Crippen LogP contribution in [0.2, 0.25) is 0 Å². The van der Waals surface area contributed by atoms with Gasteiger partial charge in [-0.05, 0) is 53.5 Å². The summed E-state index contributed by atoms with van der Waals surface area (Å²) in [6.45, 7) is 1.68. The topological polar surface area (TPSA) is 17.1 Å². The zero-order chi connectivity index (χ0) is 13.8. The summed E-state index contributed by atoms with van der Waals surface area (Å²) in [5, 5.41) is 0. The lowest BCUT2D eigenvalue weighted by Crippen LogP contribution is -1.94. The first kappa shape index (κ1) is 13.1. The smallest absolute Gasteiger partial charge is 0.146 e. The molecule has 0 heterocycles. The van der Waals surface area contributed by atoms with E-state index in [1.54, 1.807) is 31.2 Å². The van der Waals surface area contributed by atoms with Gasteiger partial charge in [-0.15, -0.1) is 0 Å². The van der Waals surface area contributed by atoms with Crippen LogP contribution in [0.3, 0.4) is 0 Å². The van der Waals surface area contributed by atoms with E-state index in [0.29, 0.717) is 11.1 Å². The lowest BCUT2D eigenvalue weighted by Gasteiger charge is -2.10. The van der Waals surface area contributed by atoms with Gasteiger partial charge in [-0.2, -0.15) is 0 Å². The summed E-state index contributed by atoms with van der Waals surface area (Å²) < 4.78 is 25.9. The number of halogens is 2. The van der Waals surface area contributed by atoms with Crippen LogP contribution in [0.5, 0.6) is 0 Å². The SMILES string of the molecule is CC(C=O)=C(c1ccc(F)cc1)c1ccc(F)cc1. The fourth-order valence-corrected chi connectivity index (χ4v) is 1.91. The van der Waals surface area contributed by atoms with E-state index in [4.69, 9.17) is 0 Å². The standard InChI is InChI=1S/C16H12F2O/c1-11(10-19)16(12-2-6-14(17)7-3-12)13-4-8-15(18)9-5-13/h2-10H,1H3. The molecule has 19 heavy (non-hydrogen) atoms. The van der Waals surface area contributed by atoms with E-state index in [2.05, 4.69) is 0 Å². The zero-order valence-corrected chi connectivity index (χ0v) is 10.4. The summed E-state index contributed by atoms with van der Waals surface area (Å²) in [6.07, 6.45) is 0.738. The third-order valence-electron chi connectivity index (χ3n) is 2.84. The van der Waals surface area contributed by atoms with Crippen LogP contribution >= 0.6 is 0 Å². The van der Waals surface area contributed by atoms with Crippen molar-refractivity contribution in [3.8, 4) is 0 Å². The minimum atomic E-state index is -0.342. The summed E-state index contributed by atoms with van der Waals surface area (Å²) in [6, 6.07) is 11.7. The Morgan fingerprint density at radius 2 is 1.21 bits per heavy atom. The molecule has 96 valence electrons. The maximum absolute atomic E-state index is 13.0. The molecule has 0 bridgehead atoms. The first-order chi connectivity index (χ1) is 9.11. The number of benzene rings is 2. The van der Waals surface area contributed by atoms with Crippen LogP contribution in [0.4, 0.5) is 8.78 Å². The van der Waals surface area contributed by atoms with Gasteiger partial charge in [0.05, 0.1) is 0 Å². The number of carbonyl (C=O) groups excluding carboxylic acids is 1. The molecule has 3 heteroatoms. The zero-order valence-electron chi connectivity index (χ0n) is 10.4. The molecule has 0 atom stereocenters. The Hall–Kier alpha value is -2.29. The first-order valence-corrected chi connectivity index (χ1v) is 5.80. The number of hydrogen-bond acceptors (Lipinski definition) is 1. The minimum Gasteiger partial charge on any atom is -0.298 e. The molecule has 0 N–H and O–H groups in total. The second-order valence-corrected chi connectivity index (χ2v) is 4.19. The van der Waals surface area contributed by atoms with Crippen molar-refractivity contribution >= 4 is 11.9 Å². The van der Waals surface area contributed by atoms with Crippen LogP contribution in [-0.2, 0) is 4.79 Å². The Balaban J connectivity index is 2.57. The van der Waals surface area contributed by atoms with Crippen molar-refractivity contribution in [2.75, 3.05) is 0 Å². The van der Waals surface area contributed by atoms with Gasteiger partial charge in [-0.3, -0.25) is 4.79 Å². The molecule has 1 nitrogen and oxygen atoms in total. The largest absolute Gasteiger partial charge is 0.298 e. The van der Waals surface area contributed by atoms with Crippen LogP contribution in [0.15, 0.2) is 54.1 Å². The molecule has 0 radical (unpaired) electrons. The van der Waals surface area contributed by atoms with Crippen molar-refractivity contribution in [1.82, 2.24) is 0 Å². The summed E-state index contributed by atoms with van der Waals surface area (Å²) in [5.41, 5.74) is 2.63. The van der Waals surface area contributed by atoms with Crippen molar-refractivity contribution in [1.29, 1.82) is 0 Å². The van der Waals surface area contributed by atoms with Crippen LogP contribution in [-0.4, -0.2) is 6.29 Å². The number of aldehydes is 1. The fraction of sp³-hybridized carbons (Fsp3) is 0.0625. The molecule has 0 saturated carbocycles. The Morgan fingerprint density at radius 1 is 0.842 bits per heavy atom. The molecular weight excluding hydrogens is 246 g/mol. The molecule has 0 unspecified atom stereocenters. The maximum atomic E-state index is 13.0. The predicted molar refractivity (Wildman–Crippen MR) is 70.6 cm³/mol. The molecule has 0 fully saturated rings. The summed E-state index contributed by atoms with van der Waals surface area (Å²) in [7, 11) is 0. The Bertz CT molecular complexity index is 563. The number of allylic oxidation sites excluding steroid dienone is 1. The van der Waals surface area contributed by atoms with Gasteiger partial charge in [0.2, 0.25) is 0 Å². The highest BCUT2D eigenvalue weighted by molar-refractivity contribution is 5.94. The molecule has 0 aliphatic heterocycles. The molecular formula is C16H12F2O. The van der Waals surface area contributed by atoms with Crippen LogP contribution < -0.4 is 0 Å². The molecule has 2 aromatic rings.